The van der Waals surface area contributed by atoms with Crippen molar-refractivity contribution in [3.05, 3.63) is 125 Å². The fourth-order valence-corrected chi connectivity index (χ4v) is 8.86. The van der Waals surface area contributed by atoms with Gasteiger partial charge < -0.3 is 19.5 Å². The predicted octanol–water partition coefficient (Wildman–Crippen LogP) is 5.40. The van der Waals surface area contributed by atoms with Gasteiger partial charge in [-0.3, -0.25) is 34.3 Å². The van der Waals surface area contributed by atoms with E-state index in [4.69, 9.17) is 9.68 Å². The molecule has 3 saturated heterocycles. The Hall–Kier alpha value is -5.72. The van der Waals surface area contributed by atoms with Crippen molar-refractivity contribution in [3.63, 3.8) is 0 Å². The van der Waals surface area contributed by atoms with Gasteiger partial charge >= 0.3 is 7.69 Å². The normalized spacial score (nSPS) is 19.7. The van der Waals surface area contributed by atoms with Crippen molar-refractivity contribution in [2.24, 2.45) is 5.92 Å². The van der Waals surface area contributed by atoms with E-state index in [0.29, 0.717) is 30.5 Å². The molecular formula is C45H47BN5O6. The number of piperazine rings is 1. The second-order valence-corrected chi connectivity index (χ2v) is 15.3. The number of allylic oxidation sites excluding steroid dienone is 1. The lowest BCUT2D eigenvalue weighted by atomic mass is 9.88. The quantitative estimate of drug-likeness (QED) is 0.118. The zero-order chi connectivity index (χ0) is 39.5. The second-order valence-electron chi connectivity index (χ2n) is 15.3. The summed E-state index contributed by atoms with van der Waals surface area (Å²) in [6.07, 6.45) is 3.38. The van der Waals surface area contributed by atoms with E-state index in [9.17, 15) is 19.2 Å². The van der Waals surface area contributed by atoms with Crippen molar-refractivity contribution in [1.29, 1.82) is 0 Å². The van der Waals surface area contributed by atoms with Crippen LogP contribution >= 0.6 is 0 Å². The van der Waals surface area contributed by atoms with Gasteiger partial charge in [0, 0.05) is 63.6 Å². The zero-order valence-corrected chi connectivity index (χ0v) is 32.2. The van der Waals surface area contributed by atoms with E-state index >= 15 is 0 Å². The smallest absolute Gasteiger partial charge is 0.537 e. The Balaban J connectivity index is 0.863. The average molecular weight is 765 g/mol. The van der Waals surface area contributed by atoms with Crippen molar-refractivity contribution in [2.75, 3.05) is 55.6 Å². The minimum absolute atomic E-state index is 0.0992. The predicted molar refractivity (Wildman–Crippen MR) is 221 cm³/mol. The Kier molecular flexibility index (Phi) is 11.2. The van der Waals surface area contributed by atoms with E-state index in [1.807, 2.05) is 36.4 Å². The molecule has 0 bridgehead atoms. The van der Waals surface area contributed by atoms with E-state index in [-0.39, 0.29) is 18.7 Å². The molecule has 0 saturated carbocycles. The molecule has 11 nitrogen and oxygen atoms in total. The van der Waals surface area contributed by atoms with Crippen molar-refractivity contribution >= 4 is 53.8 Å². The van der Waals surface area contributed by atoms with Gasteiger partial charge in [-0.25, -0.2) is 0 Å². The lowest BCUT2D eigenvalue weighted by molar-refractivity contribution is -0.136. The first-order valence-electron chi connectivity index (χ1n) is 20.0. The molecule has 4 aliphatic heterocycles. The maximum atomic E-state index is 13.4. The van der Waals surface area contributed by atoms with Gasteiger partial charge in [0.2, 0.25) is 11.8 Å². The summed E-state index contributed by atoms with van der Waals surface area (Å²) in [6.45, 7) is 8.76. The van der Waals surface area contributed by atoms with E-state index < -0.39 is 23.8 Å². The third-order valence-corrected chi connectivity index (χ3v) is 11.9. The highest BCUT2D eigenvalue weighted by Crippen LogP contribution is 2.37. The lowest BCUT2D eigenvalue weighted by Gasteiger charge is -2.40. The first kappa shape index (κ1) is 38.2. The molecule has 3 fully saturated rings. The molecule has 4 aromatic carbocycles. The first-order chi connectivity index (χ1) is 27.8. The number of fused-ring (bicyclic) bond motifs is 1. The van der Waals surface area contributed by atoms with Gasteiger partial charge in [-0.2, -0.15) is 0 Å². The maximum absolute atomic E-state index is 13.4. The maximum Gasteiger partial charge on any atom is 0.569 e. The number of nitrogens with zero attached hydrogens (tertiary/aromatic N) is 4. The van der Waals surface area contributed by atoms with Crippen LogP contribution in [-0.4, -0.2) is 98.0 Å². The molecule has 12 heteroatoms. The number of hydrogen-bond acceptors (Lipinski definition) is 9. The summed E-state index contributed by atoms with van der Waals surface area (Å²) in [6, 6.07) is 31.8. The number of anilines is 2. The van der Waals surface area contributed by atoms with Gasteiger partial charge in [0.15, 0.2) is 0 Å². The van der Waals surface area contributed by atoms with Crippen LogP contribution in [0.25, 0.3) is 11.1 Å². The molecule has 1 unspecified atom stereocenters. The summed E-state index contributed by atoms with van der Waals surface area (Å²) in [5, 5.41) is 11.4. The molecule has 0 aliphatic carbocycles. The number of rotatable bonds is 11. The molecule has 1 atom stereocenters. The number of piperidine rings is 2. The van der Waals surface area contributed by atoms with Crippen LogP contribution in [0.2, 0.25) is 0 Å². The number of benzene rings is 4. The summed E-state index contributed by atoms with van der Waals surface area (Å²) in [5.74, 6) is -0.735. The highest BCUT2D eigenvalue weighted by Gasteiger charge is 2.45. The summed E-state index contributed by atoms with van der Waals surface area (Å²) in [5.41, 5.74) is 8.66. The molecule has 8 rings (SSSR count). The van der Waals surface area contributed by atoms with E-state index in [2.05, 4.69) is 75.5 Å². The molecule has 4 aromatic rings. The number of amides is 4. The average Bonchev–Trinajstić information content (AvgIpc) is 3.49. The van der Waals surface area contributed by atoms with Crippen molar-refractivity contribution in [2.45, 2.75) is 45.1 Å². The Bertz CT molecular complexity index is 2160. The number of imide groups is 2. The third kappa shape index (κ3) is 7.97. The first-order valence-corrected chi connectivity index (χ1v) is 20.0. The summed E-state index contributed by atoms with van der Waals surface area (Å²) in [4.78, 5) is 58.9. The van der Waals surface area contributed by atoms with E-state index in [1.165, 1.54) is 22.4 Å². The number of nitrogens with one attached hydrogen (secondary N) is 1. The Morgan fingerprint density at radius 3 is 2.00 bits per heavy atom. The van der Waals surface area contributed by atoms with Gasteiger partial charge in [-0.1, -0.05) is 61.5 Å². The monoisotopic (exact) mass is 764 g/mol. The Morgan fingerprint density at radius 1 is 0.719 bits per heavy atom. The van der Waals surface area contributed by atoms with Crippen molar-refractivity contribution in [3.8, 4) is 5.75 Å². The largest absolute Gasteiger partial charge is 0.569 e. The Morgan fingerprint density at radius 2 is 1.35 bits per heavy atom. The summed E-state index contributed by atoms with van der Waals surface area (Å²) >= 11 is 0. The standard InChI is InChI=1S/C45H47BN5O6/c1-2-37(31-6-4-3-5-7-31)42(33-10-15-36(16-11-33)57-46-56)32-8-12-34(13-9-32)49-22-20-30(21-23-49)29-48-24-26-50(27-25-48)35-14-17-38-39(28-35)45(55)51(44(38)54)40-18-19-41(52)47-43(40)53/h3-17,28,30,40,56H,2,18-27,29H2,1H3,(H,47,52,53)/b42-37-. The third-order valence-electron chi connectivity index (χ3n) is 11.9. The number of hydrogen-bond donors (Lipinski definition) is 2. The number of carbonyl (C=O) groups is 4. The minimum atomic E-state index is -0.965. The van der Waals surface area contributed by atoms with Crippen LogP contribution in [0.4, 0.5) is 11.4 Å². The topological polar surface area (TPSA) is 123 Å². The summed E-state index contributed by atoms with van der Waals surface area (Å²) < 4.78 is 5.18. The lowest BCUT2D eigenvalue weighted by Crippen LogP contribution is -2.54. The van der Waals surface area contributed by atoms with Gasteiger partial charge in [-0.05, 0) is 102 Å². The van der Waals surface area contributed by atoms with Crippen LogP contribution in [-0.2, 0) is 9.59 Å². The number of carbonyl (C=O) groups excluding carboxylic acids is 4. The highest BCUT2D eigenvalue weighted by atomic mass is 16.5. The van der Waals surface area contributed by atoms with Crippen LogP contribution in [0.3, 0.4) is 0 Å². The Labute approximate surface area is 334 Å². The summed E-state index contributed by atoms with van der Waals surface area (Å²) in [7, 11) is 0.702. The SMILES string of the molecule is CC/C(=C(/c1ccc(O[B]O)cc1)c1ccc(N2CCC(CN3CCN(c4ccc5c(c4)C(=O)N(C4CCC(=O)NC4=O)C5=O)CC3)CC2)cc1)c1ccccc1. The van der Waals surface area contributed by atoms with E-state index in [0.717, 1.165) is 86.8 Å². The molecule has 2 N–H and O–H groups in total. The highest BCUT2D eigenvalue weighted by molar-refractivity contribution is 6.23. The molecule has 0 aromatic heterocycles. The fourth-order valence-electron chi connectivity index (χ4n) is 8.86. The van der Waals surface area contributed by atoms with Crippen LogP contribution in [0, 0.1) is 5.92 Å². The van der Waals surface area contributed by atoms with Crippen molar-refractivity contribution < 1.29 is 28.9 Å². The van der Waals surface area contributed by atoms with Gasteiger partial charge in [0.1, 0.15) is 11.8 Å². The van der Waals surface area contributed by atoms with Crippen LogP contribution < -0.4 is 19.8 Å². The van der Waals surface area contributed by atoms with Gasteiger partial charge in [0.25, 0.3) is 11.8 Å². The molecule has 291 valence electrons. The molecular weight excluding hydrogens is 717 g/mol. The van der Waals surface area contributed by atoms with Gasteiger partial charge in [-0.15, -0.1) is 0 Å². The van der Waals surface area contributed by atoms with E-state index in [1.54, 1.807) is 12.1 Å². The molecule has 4 aliphatic rings. The van der Waals surface area contributed by atoms with Crippen LogP contribution in [0.15, 0.2) is 97.1 Å². The van der Waals surface area contributed by atoms with Crippen LogP contribution in [0.5, 0.6) is 5.75 Å². The molecule has 1 radical (unpaired) electrons. The molecule has 0 spiro atoms. The second kappa shape index (κ2) is 16.8. The minimum Gasteiger partial charge on any atom is -0.537 e. The zero-order valence-electron chi connectivity index (χ0n) is 32.2. The molecule has 4 amide bonds. The fraction of sp³-hybridized carbons (Fsp3) is 0.333. The molecule has 4 heterocycles. The van der Waals surface area contributed by atoms with Crippen LogP contribution in [0.1, 0.15) is 76.4 Å². The molecule has 57 heavy (non-hydrogen) atoms. The van der Waals surface area contributed by atoms with Crippen molar-refractivity contribution in [1.82, 2.24) is 15.1 Å². The van der Waals surface area contributed by atoms with Gasteiger partial charge in [0.05, 0.1) is 11.1 Å².